The van der Waals surface area contributed by atoms with Gasteiger partial charge >= 0.3 is 10.2 Å². The number of unbranched alkanes of at least 4 members (excludes halogenated alkanes) is 1. The fraction of sp³-hybridized carbons (Fsp3) is 0.400. The summed E-state index contributed by atoms with van der Waals surface area (Å²) in [7, 11) is -4.38. The molecule has 0 aliphatic heterocycles. The molecular weight excluding hydrogens is 238 g/mol. The van der Waals surface area contributed by atoms with Crippen molar-refractivity contribution in [3.05, 3.63) is 30.1 Å². The van der Waals surface area contributed by atoms with E-state index in [1.165, 1.54) is 24.3 Å². The molecule has 6 heteroatoms. The summed E-state index contributed by atoms with van der Waals surface area (Å²) in [6.45, 7) is 0.279. The smallest absolute Gasteiger partial charge is 0.302 e. The summed E-state index contributed by atoms with van der Waals surface area (Å²) >= 11 is 0. The Labute approximate surface area is 93.3 Å². The van der Waals surface area contributed by atoms with E-state index in [1.807, 2.05) is 0 Å². The van der Waals surface area contributed by atoms with E-state index in [0.29, 0.717) is 12.2 Å². The molecule has 0 amide bonds. The van der Waals surface area contributed by atoms with Crippen molar-refractivity contribution in [2.45, 2.75) is 12.8 Å². The Morgan fingerprint density at radius 3 is 2.31 bits per heavy atom. The highest BCUT2D eigenvalue weighted by atomic mass is 32.3. The third-order valence-corrected chi connectivity index (χ3v) is 2.64. The second-order valence-corrected chi connectivity index (χ2v) is 4.74. The molecule has 1 aromatic rings. The summed E-state index contributed by atoms with van der Waals surface area (Å²) in [5.74, 6) is -0.333. The van der Waals surface area contributed by atoms with E-state index >= 15 is 0 Å². The van der Waals surface area contributed by atoms with Gasteiger partial charge < -0.3 is 4.74 Å². The number of hydrogen-bond acceptors (Lipinski definition) is 3. The molecule has 0 saturated carbocycles. The Morgan fingerprint density at radius 1 is 1.12 bits per heavy atom. The van der Waals surface area contributed by atoms with Crippen molar-refractivity contribution in [2.24, 2.45) is 0 Å². The number of benzene rings is 1. The molecular formula is C10H12F2O3S. The van der Waals surface area contributed by atoms with Gasteiger partial charge in [0, 0.05) is 0 Å². The molecule has 0 saturated heterocycles. The molecule has 0 aliphatic rings. The van der Waals surface area contributed by atoms with E-state index in [9.17, 15) is 16.7 Å². The summed E-state index contributed by atoms with van der Waals surface area (Å²) in [4.78, 5) is 0. The Hall–Kier alpha value is -1.17. The predicted octanol–water partition coefficient (Wildman–Crippen LogP) is 2.28. The minimum absolute atomic E-state index is 0.208. The van der Waals surface area contributed by atoms with Crippen LogP contribution in [0.15, 0.2) is 24.3 Å². The van der Waals surface area contributed by atoms with Crippen LogP contribution in [0.25, 0.3) is 0 Å². The molecule has 0 heterocycles. The maximum atomic E-state index is 12.5. The van der Waals surface area contributed by atoms with Crippen molar-refractivity contribution >= 4 is 10.2 Å². The predicted molar refractivity (Wildman–Crippen MR) is 56.0 cm³/mol. The van der Waals surface area contributed by atoms with Crippen molar-refractivity contribution < 1.29 is 21.4 Å². The summed E-state index contributed by atoms with van der Waals surface area (Å²) < 4.78 is 50.1. The zero-order valence-corrected chi connectivity index (χ0v) is 9.34. The van der Waals surface area contributed by atoms with Crippen molar-refractivity contribution in [3.63, 3.8) is 0 Å². The van der Waals surface area contributed by atoms with Crippen molar-refractivity contribution in [3.8, 4) is 5.75 Å². The van der Waals surface area contributed by atoms with Crippen LogP contribution < -0.4 is 4.74 Å². The lowest BCUT2D eigenvalue weighted by Crippen LogP contribution is -2.02. The molecule has 0 aliphatic carbocycles. The number of rotatable bonds is 6. The topological polar surface area (TPSA) is 43.4 Å². The molecule has 3 nitrogen and oxygen atoms in total. The van der Waals surface area contributed by atoms with Crippen LogP contribution in [0.3, 0.4) is 0 Å². The largest absolute Gasteiger partial charge is 0.494 e. The minimum atomic E-state index is -4.38. The second kappa shape index (κ2) is 5.79. The number of halogens is 2. The van der Waals surface area contributed by atoms with E-state index in [2.05, 4.69) is 0 Å². The van der Waals surface area contributed by atoms with Gasteiger partial charge in [-0.25, -0.2) is 4.39 Å². The van der Waals surface area contributed by atoms with Gasteiger partial charge in [-0.2, -0.15) is 8.42 Å². The standard InChI is InChI=1S/C10H12F2O3S/c11-9-3-5-10(6-4-9)15-7-1-2-8-16(12,13)14/h3-6H,1-2,7-8H2. The Kier molecular flexibility index (Phi) is 4.67. The lowest BCUT2D eigenvalue weighted by atomic mass is 10.3. The molecule has 0 spiro atoms. The number of ether oxygens (including phenoxy) is 1. The van der Waals surface area contributed by atoms with Gasteiger partial charge in [-0.3, -0.25) is 0 Å². The monoisotopic (exact) mass is 250 g/mol. The van der Waals surface area contributed by atoms with Gasteiger partial charge in [0.1, 0.15) is 11.6 Å². The first kappa shape index (κ1) is 12.9. The van der Waals surface area contributed by atoms with Crippen LogP contribution >= 0.6 is 0 Å². The Bertz CT molecular complexity index is 414. The van der Waals surface area contributed by atoms with Crippen LogP contribution in [-0.2, 0) is 10.2 Å². The third kappa shape index (κ3) is 5.65. The van der Waals surface area contributed by atoms with Crippen LogP contribution in [0.4, 0.5) is 8.28 Å². The van der Waals surface area contributed by atoms with Crippen molar-refractivity contribution in [2.75, 3.05) is 12.4 Å². The van der Waals surface area contributed by atoms with Crippen LogP contribution in [-0.4, -0.2) is 20.8 Å². The molecule has 0 bridgehead atoms. The lowest BCUT2D eigenvalue weighted by molar-refractivity contribution is 0.309. The van der Waals surface area contributed by atoms with E-state index in [0.717, 1.165) is 0 Å². The van der Waals surface area contributed by atoms with Gasteiger partial charge in [-0.05, 0) is 37.1 Å². The molecule has 0 aromatic heterocycles. The average molecular weight is 250 g/mol. The third-order valence-electron chi connectivity index (χ3n) is 1.86. The first-order valence-corrected chi connectivity index (χ1v) is 6.33. The fourth-order valence-corrected chi connectivity index (χ4v) is 1.65. The van der Waals surface area contributed by atoms with Crippen LogP contribution in [0, 0.1) is 5.82 Å². The maximum Gasteiger partial charge on any atom is 0.302 e. The number of hydrogen-bond donors (Lipinski definition) is 0. The maximum absolute atomic E-state index is 12.5. The average Bonchev–Trinajstić information content (AvgIpc) is 2.19. The molecule has 0 N–H and O–H groups in total. The fourth-order valence-electron chi connectivity index (χ4n) is 1.10. The first-order valence-electron chi connectivity index (χ1n) is 4.78. The van der Waals surface area contributed by atoms with Crippen LogP contribution in [0.5, 0.6) is 5.75 Å². The summed E-state index contributed by atoms with van der Waals surface area (Å²) in [5.41, 5.74) is 0. The van der Waals surface area contributed by atoms with Crippen molar-refractivity contribution in [1.82, 2.24) is 0 Å². The molecule has 0 fully saturated rings. The summed E-state index contributed by atoms with van der Waals surface area (Å²) in [6, 6.07) is 5.48. The summed E-state index contributed by atoms with van der Waals surface area (Å²) in [6.07, 6.45) is 0.639. The minimum Gasteiger partial charge on any atom is -0.494 e. The van der Waals surface area contributed by atoms with Gasteiger partial charge in [-0.15, -0.1) is 3.89 Å². The molecule has 1 aromatic carbocycles. The first-order chi connectivity index (χ1) is 7.47. The Balaban J connectivity index is 2.19. The van der Waals surface area contributed by atoms with Crippen LogP contribution in [0.1, 0.15) is 12.8 Å². The van der Waals surface area contributed by atoms with E-state index in [4.69, 9.17) is 4.74 Å². The quantitative estimate of drug-likeness (QED) is 0.574. The SMILES string of the molecule is O=S(=O)(F)CCCCOc1ccc(F)cc1. The normalized spacial score (nSPS) is 11.4. The zero-order valence-electron chi connectivity index (χ0n) is 8.53. The second-order valence-electron chi connectivity index (χ2n) is 3.25. The highest BCUT2D eigenvalue weighted by molar-refractivity contribution is 7.86. The van der Waals surface area contributed by atoms with E-state index in [-0.39, 0.29) is 18.8 Å². The van der Waals surface area contributed by atoms with Gasteiger partial charge in [0.15, 0.2) is 0 Å². The van der Waals surface area contributed by atoms with E-state index in [1.54, 1.807) is 0 Å². The highest BCUT2D eigenvalue weighted by Crippen LogP contribution is 2.11. The van der Waals surface area contributed by atoms with E-state index < -0.39 is 16.0 Å². The molecule has 16 heavy (non-hydrogen) atoms. The van der Waals surface area contributed by atoms with Gasteiger partial charge in [0.2, 0.25) is 0 Å². The molecule has 0 unspecified atom stereocenters. The molecule has 1 rings (SSSR count). The summed E-state index contributed by atoms with van der Waals surface area (Å²) in [5, 5.41) is 0. The molecule has 0 atom stereocenters. The molecule has 90 valence electrons. The lowest BCUT2D eigenvalue weighted by Gasteiger charge is -2.04. The van der Waals surface area contributed by atoms with Gasteiger partial charge in [0.05, 0.1) is 12.4 Å². The zero-order chi connectivity index (χ0) is 12.0. The molecule has 0 radical (unpaired) electrons. The van der Waals surface area contributed by atoms with Gasteiger partial charge in [0.25, 0.3) is 0 Å². The Morgan fingerprint density at radius 2 is 1.75 bits per heavy atom. The van der Waals surface area contributed by atoms with Gasteiger partial charge in [-0.1, -0.05) is 0 Å². The van der Waals surface area contributed by atoms with Crippen LogP contribution in [0.2, 0.25) is 0 Å². The highest BCUT2D eigenvalue weighted by Gasteiger charge is 2.05. The van der Waals surface area contributed by atoms with Crippen molar-refractivity contribution in [1.29, 1.82) is 0 Å².